The first-order valence-electron chi connectivity index (χ1n) is 7.98. The van der Waals surface area contributed by atoms with Crippen LogP contribution >= 0.6 is 7.82 Å². The van der Waals surface area contributed by atoms with Crippen LogP contribution in [0.5, 0.6) is 0 Å². The first kappa shape index (κ1) is 24.4. The predicted octanol–water partition coefficient (Wildman–Crippen LogP) is -0.137. The summed E-state index contributed by atoms with van der Waals surface area (Å²) >= 11 is 0. The van der Waals surface area contributed by atoms with Gasteiger partial charge in [-0.3, -0.25) is 4.52 Å². The van der Waals surface area contributed by atoms with Gasteiger partial charge in [-0.25, -0.2) is 9.36 Å². The van der Waals surface area contributed by atoms with Crippen LogP contribution in [0.2, 0.25) is 0 Å². The van der Waals surface area contributed by atoms with Crippen molar-refractivity contribution in [2.45, 2.75) is 70.6 Å². The van der Waals surface area contributed by atoms with E-state index in [9.17, 15) is 29.8 Å². The number of hydrogen-bond donors (Lipinski definition) is 6. The second-order valence-electron chi connectivity index (χ2n) is 6.03. The van der Waals surface area contributed by atoms with Gasteiger partial charge in [0.05, 0.1) is 12.7 Å². The topological polar surface area (TPSA) is 174 Å². The number of phosphoric acid groups is 1. The highest BCUT2D eigenvalue weighted by atomic mass is 31.2. The Morgan fingerprint density at radius 2 is 1.64 bits per heavy atom. The molecule has 0 aromatic heterocycles. The summed E-state index contributed by atoms with van der Waals surface area (Å²) in [5.74, 6) is -2.25. The maximum absolute atomic E-state index is 11.9. The van der Waals surface area contributed by atoms with Gasteiger partial charge in [0.15, 0.2) is 5.60 Å². The molecule has 0 fully saturated rings. The van der Waals surface area contributed by atoms with Gasteiger partial charge in [-0.1, -0.05) is 27.2 Å². The number of rotatable bonds is 12. The van der Waals surface area contributed by atoms with E-state index >= 15 is 0 Å². The van der Waals surface area contributed by atoms with Gasteiger partial charge in [-0.2, -0.15) is 0 Å². The average Bonchev–Trinajstić information content (AvgIpc) is 2.53. The summed E-state index contributed by atoms with van der Waals surface area (Å²) in [5, 5.41) is 40.1. The third-order valence-corrected chi connectivity index (χ3v) is 4.71. The van der Waals surface area contributed by atoms with Crippen LogP contribution in [-0.4, -0.2) is 72.8 Å². The molecule has 25 heavy (non-hydrogen) atoms. The molecule has 6 N–H and O–H groups in total. The van der Waals surface area contributed by atoms with Crippen molar-refractivity contribution in [1.82, 2.24) is 0 Å². The van der Waals surface area contributed by atoms with E-state index in [0.29, 0.717) is 12.8 Å². The zero-order chi connectivity index (χ0) is 20.0. The highest BCUT2D eigenvalue weighted by Crippen LogP contribution is 2.37. The number of aliphatic carboxylic acids is 1. The Labute approximate surface area is 146 Å². The fourth-order valence-electron chi connectivity index (χ4n) is 2.32. The minimum atomic E-state index is -4.90. The number of ether oxygens (including phenoxy) is 1. The molecular formula is C14H29O10P. The van der Waals surface area contributed by atoms with Crippen molar-refractivity contribution < 1.29 is 48.8 Å². The number of hydrogen-bond acceptors (Lipinski definition) is 7. The molecule has 0 aliphatic rings. The van der Waals surface area contributed by atoms with Gasteiger partial charge >= 0.3 is 13.8 Å². The number of aliphatic hydroxyl groups is 3. The Morgan fingerprint density at radius 1 is 1.12 bits per heavy atom. The van der Waals surface area contributed by atoms with Gasteiger partial charge in [-0.05, 0) is 19.3 Å². The molecule has 150 valence electrons. The summed E-state index contributed by atoms with van der Waals surface area (Å²) in [5.41, 5.74) is -2.22. The molecule has 6 atom stereocenters. The Morgan fingerprint density at radius 3 is 2.00 bits per heavy atom. The summed E-state index contributed by atoms with van der Waals surface area (Å²) in [6.07, 6.45) is -5.90. The fraction of sp³-hybridized carbons (Fsp3) is 0.929. The minimum Gasteiger partial charge on any atom is -0.479 e. The zero-order valence-electron chi connectivity index (χ0n) is 14.8. The van der Waals surface area contributed by atoms with Crippen LogP contribution < -0.4 is 0 Å². The molecule has 0 spiro atoms. The summed E-state index contributed by atoms with van der Waals surface area (Å²) in [6.45, 7) is 5.55. The molecule has 0 heterocycles. The van der Waals surface area contributed by atoms with E-state index in [1.54, 1.807) is 20.8 Å². The Balaban J connectivity index is 5.60. The van der Waals surface area contributed by atoms with Gasteiger partial charge in [0.1, 0.15) is 18.3 Å². The van der Waals surface area contributed by atoms with E-state index in [1.807, 2.05) is 0 Å². The summed E-state index contributed by atoms with van der Waals surface area (Å²) in [4.78, 5) is 29.2. The number of phosphoric ester groups is 1. The molecule has 0 aromatic rings. The third kappa shape index (κ3) is 6.58. The van der Waals surface area contributed by atoms with Crippen molar-refractivity contribution >= 4 is 13.8 Å². The quantitative estimate of drug-likeness (QED) is 0.247. The highest BCUT2D eigenvalue weighted by molar-refractivity contribution is 7.46. The van der Waals surface area contributed by atoms with Crippen molar-refractivity contribution in [2.24, 2.45) is 5.92 Å². The van der Waals surface area contributed by atoms with Crippen LogP contribution in [0.4, 0.5) is 0 Å². The standard InChI is InChI=1S/C14H29O10P/c1-5-8(3)14(13(18)19,24-9(4)6-2)12(17)11(16)10(15)7-23-25(20,21)22/h8-12,15-17H,5-7H2,1-4H3,(H,18,19)(H2,20,21,22)/t8?,9?,10?,11?,12?,14-/m1/s1. The van der Waals surface area contributed by atoms with E-state index in [-0.39, 0.29) is 0 Å². The molecule has 11 heteroatoms. The average molecular weight is 388 g/mol. The molecule has 0 rings (SSSR count). The number of carboxylic acids is 1. The smallest absolute Gasteiger partial charge is 0.469 e. The molecule has 0 aliphatic heterocycles. The molecule has 0 amide bonds. The SMILES string of the molecule is CCC(C)O[C@](C(=O)O)(C(C)CC)C(O)C(O)C(O)COP(=O)(O)O. The van der Waals surface area contributed by atoms with Crippen LogP contribution in [-0.2, 0) is 18.6 Å². The van der Waals surface area contributed by atoms with Crippen molar-refractivity contribution in [3.05, 3.63) is 0 Å². The van der Waals surface area contributed by atoms with Crippen LogP contribution in [0.25, 0.3) is 0 Å². The van der Waals surface area contributed by atoms with Gasteiger partial charge in [-0.15, -0.1) is 0 Å². The van der Waals surface area contributed by atoms with Gasteiger partial charge < -0.3 is 34.9 Å². The first-order valence-corrected chi connectivity index (χ1v) is 9.51. The molecular weight excluding hydrogens is 359 g/mol. The van der Waals surface area contributed by atoms with Gasteiger partial charge in [0.25, 0.3) is 0 Å². The lowest BCUT2D eigenvalue weighted by Gasteiger charge is -2.42. The molecule has 0 saturated carbocycles. The molecule has 5 unspecified atom stereocenters. The van der Waals surface area contributed by atoms with Crippen LogP contribution in [0.1, 0.15) is 40.5 Å². The van der Waals surface area contributed by atoms with Crippen LogP contribution in [0.3, 0.4) is 0 Å². The molecule has 0 aliphatic carbocycles. The van der Waals surface area contributed by atoms with Crippen molar-refractivity contribution in [1.29, 1.82) is 0 Å². The Kier molecular flexibility index (Phi) is 9.71. The normalized spacial score (nSPS) is 21.0. The number of aliphatic hydroxyl groups excluding tert-OH is 3. The summed E-state index contributed by atoms with van der Waals surface area (Å²) < 4.78 is 20.3. The number of carboxylic acid groups (broad SMARTS) is 1. The molecule has 0 bridgehead atoms. The molecule has 0 radical (unpaired) electrons. The van der Waals surface area contributed by atoms with Crippen molar-refractivity contribution in [2.75, 3.05) is 6.61 Å². The summed E-state index contributed by atoms with van der Waals surface area (Å²) in [7, 11) is -4.90. The third-order valence-electron chi connectivity index (χ3n) is 4.22. The zero-order valence-corrected chi connectivity index (χ0v) is 15.7. The largest absolute Gasteiger partial charge is 0.479 e. The van der Waals surface area contributed by atoms with E-state index in [0.717, 1.165) is 0 Å². The van der Waals surface area contributed by atoms with E-state index in [4.69, 9.17) is 14.5 Å². The Bertz CT molecular complexity index is 467. The fourth-order valence-corrected chi connectivity index (χ4v) is 2.67. The predicted molar refractivity (Wildman–Crippen MR) is 86.7 cm³/mol. The molecule has 0 aromatic carbocycles. The van der Waals surface area contributed by atoms with Gasteiger partial charge in [0, 0.05) is 0 Å². The summed E-state index contributed by atoms with van der Waals surface area (Å²) in [6, 6.07) is 0. The van der Waals surface area contributed by atoms with E-state index in [2.05, 4.69) is 4.52 Å². The van der Waals surface area contributed by atoms with Crippen molar-refractivity contribution in [3.8, 4) is 0 Å². The highest BCUT2D eigenvalue weighted by Gasteiger charge is 2.55. The van der Waals surface area contributed by atoms with E-state index < -0.39 is 56.3 Å². The van der Waals surface area contributed by atoms with Gasteiger partial charge in [0.2, 0.25) is 0 Å². The maximum Gasteiger partial charge on any atom is 0.469 e. The second-order valence-corrected chi connectivity index (χ2v) is 7.27. The van der Waals surface area contributed by atoms with Crippen molar-refractivity contribution in [3.63, 3.8) is 0 Å². The van der Waals surface area contributed by atoms with Crippen LogP contribution in [0, 0.1) is 5.92 Å². The monoisotopic (exact) mass is 388 g/mol. The number of carbonyl (C=O) groups is 1. The van der Waals surface area contributed by atoms with E-state index in [1.165, 1.54) is 6.92 Å². The first-order chi connectivity index (χ1) is 11.3. The lowest BCUT2D eigenvalue weighted by molar-refractivity contribution is -0.229. The Hall–Kier alpha value is -0.580. The molecule has 10 nitrogen and oxygen atoms in total. The minimum absolute atomic E-state index is 0.293. The lowest BCUT2D eigenvalue weighted by atomic mass is 9.78. The maximum atomic E-state index is 11.9. The lowest BCUT2D eigenvalue weighted by Crippen LogP contribution is -2.63. The second kappa shape index (κ2) is 9.94. The molecule has 0 saturated heterocycles. The van der Waals surface area contributed by atoms with Crippen LogP contribution in [0.15, 0.2) is 0 Å².